The van der Waals surface area contributed by atoms with E-state index >= 15 is 0 Å². The number of aliphatic hydroxyl groups excluding tert-OH is 1. The van der Waals surface area contributed by atoms with Crippen LogP contribution < -0.4 is 10.2 Å². The lowest BCUT2D eigenvalue weighted by atomic mass is 10.1. The van der Waals surface area contributed by atoms with Gasteiger partial charge < -0.3 is 28.8 Å². The van der Waals surface area contributed by atoms with Crippen molar-refractivity contribution in [2.75, 3.05) is 40.9 Å². The fourth-order valence-electron chi connectivity index (χ4n) is 5.86. The second kappa shape index (κ2) is 38.5. The fourth-order valence-corrected chi connectivity index (χ4v) is 6.59. The van der Waals surface area contributed by atoms with E-state index in [1.54, 1.807) is 6.08 Å². The summed E-state index contributed by atoms with van der Waals surface area (Å²) >= 11 is 0. The average molecular weight is 805 g/mol. The average Bonchev–Trinajstić information content (AvgIpc) is 3.15. The summed E-state index contributed by atoms with van der Waals surface area (Å²) in [5.41, 5.74) is 0. The number of nitrogens with zero attached hydrogens (tertiary/aromatic N) is 1. The number of likely N-dealkylation sites (N-methyl/N-ethyl adjacent to an activating group) is 1. The summed E-state index contributed by atoms with van der Waals surface area (Å²) in [7, 11) is 1.21. The molecule has 0 bridgehead atoms. The van der Waals surface area contributed by atoms with Crippen molar-refractivity contribution in [1.29, 1.82) is 0 Å². The smallest absolute Gasteiger partial charge is 0.268 e. The van der Waals surface area contributed by atoms with Gasteiger partial charge in [-0.25, -0.2) is 0 Å². The number of amides is 1. The van der Waals surface area contributed by atoms with E-state index in [9.17, 15) is 19.4 Å². The Balaban J connectivity index is 4.54. The van der Waals surface area contributed by atoms with Crippen LogP contribution in [0.25, 0.3) is 0 Å². The molecular weight excluding hydrogens is 719 g/mol. The van der Waals surface area contributed by atoms with Gasteiger partial charge in [0, 0.05) is 6.42 Å². The summed E-state index contributed by atoms with van der Waals surface area (Å²) in [5.74, 6) is -0.234. The molecule has 0 aliphatic carbocycles. The van der Waals surface area contributed by atoms with E-state index in [0.717, 1.165) is 77.0 Å². The van der Waals surface area contributed by atoms with Crippen LogP contribution in [0.1, 0.15) is 168 Å². The Bertz CT molecular complexity index is 1140. The van der Waals surface area contributed by atoms with Crippen molar-refractivity contribution >= 4 is 13.7 Å². The molecule has 56 heavy (non-hydrogen) atoms. The van der Waals surface area contributed by atoms with Gasteiger partial charge in [0.2, 0.25) is 5.91 Å². The maximum absolute atomic E-state index is 12.8. The number of phosphoric acid groups is 1. The minimum Gasteiger partial charge on any atom is -0.756 e. The van der Waals surface area contributed by atoms with Gasteiger partial charge in [0.15, 0.2) is 0 Å². The maximum Gasteiger partial charge on any atom is 0.268 e. The number of quaternary nitrogens is 1. The summed E-state index contributed by atoms with van der Waals surface area (Å²) in [6, 6.07) is -0.919. The minimum atomic E-state index is -4.61. The van der Waals surface area contributed by atoms with Crippen LogP contribution in [-0.2, 0) is 18.4 Å². The molecule has 2 N–H and O–H groups in total. The largest absolute Gasteiger partial charge is 0.756 e. The lowest BCUT2D eigenvalue weighted by molar-refractivity contribution is -0.870. The molecule has 0 radical (unpaired) electrons. The number of hydrogen-bond donors (Lipinski definition) is 2. The van der Waals surface area contributed by atoms with Crippen LogP contribution in [0, 0.1) is 0 Å². The lowest BCUT2D eigenvalue weighted by Crippen LogP contribution is -2.45. The number of nitrogens with one attached hydrogen (secondary N) is 1. The molecule has 324 valence electrons. The van der Waals surface area contributed by atoms with Crippen molar-refractivity contribution in [2.24, 2.45) is 0 Å². The van der Waals surface area contributed by atoms with E-state index in [4.69, 9.17) is 9.05 Å². The molecule has 0 heterocycles. The molecule has 0 aliphatic heterocycles. The Morgan fingerprint density at radius 1 is 0.643 bits per heavy atom. The molecule has 0 saturated heterocycles. The maximum atomic E-state index is 12.8. The van der Waals surface area contributed by atoms with E-state index in [1.165, 1.54) is 70.6 Å². The number of allylic oxidation sites excluding steroid dienone is 11. The predicted octanol–water partition coefficient (Wildman–Crippen LogP) is 11.8. The van der Waals surface area contributed by atoms with E-state index in [-0.39, 0.29) is 12.5 Å². The highest BCUT2D eigenvalue weighted by Crippen LogP contribution is 2.38. The van der Waals surface area contributed by atoms with Gasteiger partial charge in [-0.05, 0) is 70.6 Å². The third-order valence-electron chi connectivity index (χ3n) is 9.40. The lowest BCUT2D eigenvalue weighted by Gasteiger charge is -2.29. The molecule has 9 heteroatoms. The van der Waals surface area contributed by atoms with E-state index < -0.39 is 26.6 Å². The molecule has 0 aliphatic rings. The molecule has 0 aromatic carbocycles. The molecule has 8 nitrogen and oxygen atoms in total. The van der Waals surface area contributed by atoms with Gasteiger partial charge in [0.25, 0.3) is 7.82 Å². The molecule has 0 aromatic heterocycles. The second-order valence-corrected chi connectivity index (χ2v) is 17.4. The van der Waals surface area contributed by atoms with Crippen LogP contribution in [0.15, 0.2) is 72.9 Å². The number of carbonyl (C=O) groups is 1. The number of carbonyl (C=O) groups excluding carboxylic acids is 1. The first-order valence-electron chi connectivity index (χ1n) is 22.3. The monoisotopic (exact) mass is 805 g/mol. The van der Waals surface area contributed by atoms with Crippen LogP contribution >= 0.6 is 7.82 Å². The van der Waals surface area contributed by atoms with Crippen molar-refractivity contribution in [3.8, 4) is 0 Å². The molecule has 0 spiro atoms. The van der Waals surface area contributed by atoms with E-state index in [0.29, 0.717) is 17.4 Å². The first-order chi connectivity index (χ1) is 27.0. The third-order valence-corrected chi connectivity index (χ3v) is 10.4. The highest BCUT2D eigenvalue weighted by atomic mass is 31.2. The molecule has 0 aromatic rings. The minimum absolute atomic E-state index is 0.0151. The summed E-state index contributed by atoms with van der Waals surface area (Å²) < 4.78 is 23.2. The molecule has 1 amide bonds. The highest BCUT2D eigenvalue weighted by molar-refractivity contribution is 7.45. The zero-order chi connectivity index (χ0) is 41.4. The second-order valence-electron chi connectivity index (χ2n) is 16.0. The molecule has 0 fully saturated rings. The number of unbranched alkanes of at least 4 members (excludes halogenated alkanes) is 16. The van der Waals surface area contributed by atoms with Gasteiger partial charge >= 0.3 is 0 Å². The molecule has 0 rings (SSSR count). The Morgan fingerprint density at radius 2 is 1.11 bits per heavy atom. The number of hydrogen-bond acceptors (Lipinski definition) is 6. The quantitative estimate of drug-likeness (QED) is 0.0277. The van der Waals surface area contributed by atoms with Crippen LogP contribution in [0.2, 0.25) is 0 Å². The van der Waals surface area contributed by atoms with Gasteiger partial charge in [-0.2, -0.15) is 0 Å². The van der Waals surface area contributed by atoms with Crippen molar-refractivity contribution in [3.63, 3.8) is 0 Å². The molecule has 0 saturated carbocycles. The zero-order valence-corrected chi connectivity index (χ0v) is 37.5. The first kappa shape index (κ1) is 53.9. The van der Waals surface area contributed by atoms with E-state index in [1.807, 2.05) is 27.2 Å². The van der Waals surface area contributed by atoms with Crippen LogP contribution in [0.4, 0.5) is 0 Å². The SMILES string of the molecule is CC/C=C\C/C=C\C/C=C\C/C=C\CCCCCCC(=O)NC(COP(=O)([O-])OCC[N+](C)(C)C)C(O)/C=C/CC/C=C/CCCCCCCCCCCCC. The number of rotatable bonds is 39. The van der Waals surface area contributed by atoms with Crippen LogP contribution in [0.5, 0.6) is 0 Å². The summed E-state index contributed by atoms with van der Waals surface area (Å²) in [6.45, 7) is 4.47. The van der Waals surface area contributed by atoms with Gasteiger partial charge in [-0.3, -0.25) is 9.36 Å². The van der Waals surface area contributed by atoms with Crippen LogP contribution in [0.3, 0.4) is 0 Å². The predicted molar refractivity (Wildman–Crippen MR) is 237 cm³/mol. The van der Waals surface area contributed by atoms with Crippen molar-refractivity contribution in [2.45, 2.75) is 180 Å². The topological polar surface area (TPSA) is 108 Å². The number of phosphoric ester groups is 1. The zero-order valence-electron chi connectivity index (χ0n) is 36.6. The highest BCUT2D eigenvalue weighted by Gasteiger charge is 2.23. The summed E-state index contributed by atoms with van der Waals surface area (Å²) in [6.07, 6.45) is 50.9. The summed E-state index contributed by atoms with van der Waals surface area (Å²) in [5, 5.41) is 13.7. The van der Waals surface area contributed by atoms with E-state index in [2.05, 4.69) is 79.9 Å². The molecule has 3 atom stereocenters. The molecular formula is C47H85N2O6P. The standard InChI is InChI=1S/C47H85N2O6P/c1-6-8-10-12-14-16-18-20-22-24-26-28-30-32-34-36-38-40-46(50)45(44-55-56(52,53)54-43-42-49(3,4)5)48-47(51)41-39-37-35-33-31-29-27-25-23-21-19-17-15-13-11-9-7-2/h9,11,15,17,21,23,27,29-30,32,38,40,45-46,50H,6-8,10,12-14,16,18-20,22,24-26,28,31,33-37,39,41-44H2,1-5H3,(H-,48,51,52,53)/b11-9-,17-15-,23-21-,29-27-,32-30+,40-38+. The number of aliphatic hydroxyl groups is 1. The molecule has 3 unspecified atom stereocenters. The van der Waals surface area contributed by atoms with Crippen molar-refractivity contribution < 1.29 is 32.9 Å². The summed E-state index contributed by atoms with van der Waals surface area (Å²) in [4.78, 5) is 25.3. The van der Waals surface area contributed by atoms with Crippen molar-refractivity contribution in [1.82, 2.24) is 5.32 Å². The fraction of sp³-hybridized carbons (Fsp3) is 0.723. The van der Waals surface area contributed by atoms with Crippen molar-refractivity contribution in [3.05, 3.63) is 72.9 Å². The van der Waals surface area contributed by atoms with Gasteiger partial charge in [0.1, 0.15) is 13.2 Å². The third kappa shape index (κ3) is 40.1. The van der Waals surface area contributed by atoms with Gasteiger partial charge in [-0.15, -0.1) is 0 Å². The van der Waals surface area contributed by atoms with Crippen LogP contribution in [-0.4, -0.2) is 68.5 Å². The Labute approximate surface area is 344 Å². The van der Waals surface area contributed by atoms with Gasteiger partial charge in [0.05, 0.1) is 39.9 Å². The Morgan fingerprint density at radius 3 is 1.66 bits per heavy atom. The normalized spacial score (nSPS) is 15.1. The Hall–Kier alpha value is -2.06. The van der Waals surface area contributed by atoms with Gasteiger partial charge in [-0.1, -0.05) is 164 Å². The first-order valence-corrected chi connectivity index (χ1v) is 23.8. The Kier molecular flexibility index (Phi) is 37.0.